The Morgan fingerprint density at radius 1 is 0.939 bits per heavy atom. The lowest BCUT2D eigenvalue weighted by Gasteiger charge is -2.14. The Labute approximate surface area is 190 Å². The van der Waals surface area contributed by atoms with Crippen LogP contribution in [-0.4, -0.2) is 27.9 Å². The van der Waals surface area contributed by atoms with Crippen molar-refractivity contribution in [2.45, 2.75) is 22.7 Å². The van der Waals surface area contributed by atoms with Crippen LogP contribution in [0.2, 0.25) is 0 Å². The van der Waals surface area contributed by atoms with Gasteiger partial charge < -0.3 is 9.52 Å². The van der Waals surface area contributed by atoms with Gasteiger partial charge in [0, 0.05) is 11.5 Å². The molecule has 10 heteroatoms. The predicted octanol–water partition coefficient (Wildman–Crippen LogP) is 4.21. The summed E-state index contributed by atoms with van der Waals surface area (Å²) >= 11 is 0. The number of benzene rings is 3. The van der Waals surface area contributed by atoms with Gasteiger partial charge >= 0.3 is 5.97 Å². The second-order valence-electron chi connectivity index (χ2n) is 7.43. The summed E-state index contributed by atoms with van der Waals surface area (Å²) in [5.41, 5.74) is 0.806. The molecule has 2 N–H and O–H groups in total. The van der Waals surface area contributed by atoms with Crippen molar-refractivity contribution in [3.05, 3.63) is 89.5 Å². The van der Waals surface area contributed by atoms with Crippen LogP contribution in [0.4, 0.5) is 5.69 Å². The third-order valence-corrected chi connectivity index (χ3v) is 7.91. The molecule has 0 saturated carbocycles. The quantitative estimate of drug-likeness (QED) is 0.401. The van der Waals surface area contributed by atoms with Gasteiger partial charge in [-0.15, -0.1) is 0 Å². The second kappa shape index (κ2) is 8.38. The van der Waals surface area contributed by atoms with Gasteiger partial charge in [0.05, 0.1) is 21.9 Å². The smallest absolute Gasteiger partial charge is 0.335 e. The van der Waals surface area contributed by atoms with Gasteiger partial charge in [0.2, 0.25) is 5.09 Å². The lowest BCUT2D eigenvalue weighted by atomic mass is 10.1. The van der Waals surface area contributed by atoms with E-state index in [1.54, 1.807) is 31.2 Å². The monoisotopic (exact) mass is 485 g/mol. The molecule has 0 fully saturated rings. The van der Waals surface area contributed by atoms with Gasteiger partial charge in [-0.05, 0) is 42.3 Å². The fraction of sp³-hybridized carbons (Fsp3) is 0.0870. The molecule has 8 nitrogen and oxygen atoms in total. The van der Waals surface area contributed by atoms with Crippen molar-refractivity contribution in [3.63, 3.8) is 0 Å². The van der Waals surface area contributed by atoms with Crippen LogP contribution >= 0.6 is 0 Å². The fourth-order valence-corrected chi connectivity index (χ4v) is 6.06. The molecule has 1 aromatic heterocycles. The zero-order chi connectivity index (χ0) is 23.8. The predicted molar refractivity (Wildman–Crippen MR) is 122 cm³/mol. The normalized spacial score (nSPS) is 12.0. The van der Waals surface area contributed by atoms with Crippen LogP contribution in [0.5, 0.6) is 0 Å². The number of nitrogens with one attached hydrogen (secondary N) is 1. The van der Waals surface area contributed by atoms with E-state index in [0.29, 0.717) is 16.5 Å². The van der Waals surface area contributed by atoms with E-state index < -0.39 is 31.6 Å². The molecule has 0 bridgehead atoms. The molecule has 170 valence electrons. The van der Waals surface area contributed by atoms with Crippen LogP contribution in [0.25, 0.3) is 11.0 Å². The minimum absolute atomic E-state index is 0.0941. The molecule has 1 heterocycles. The zero-order valence-electron chi connectivity index (χ0n) is 17.3. The summed E-state index contributed by atoms with van der Waals surface area (Å²) in [6, 6.07) is 18.1. The molecule has 0 aliphatic rings. The molecular formula is C23H19NO7S2. The average molecular weight is 486 g/mol. The number of aromatic carboxylic acids is 1. The maximum atomic E-state index is 13.2. The number of hydrogen-bond acceptors (Lipinski definition) is 6. The van der Waals surface area contributed by atoms with Crippen molar-refractivity contribution in [1.82, 2.24) is 0 Å². The standard InChI is InChI=1S/C23H19NO7S2/c1-15-10-11-21(32(27,28)14-17-7-2-4-8-18(17)23(25)26)19(12-15)24-33(29,30)22-13-16-6-3-5-9-20(16)31-22/h2-13,24H,14H2,1H3,(H,25,26). The number of sulfone groups is 1. The van der Waals surface area contributed by atoms with Gasteiger partial charge in [-0.1, -0.05) is 42.5 Å². The summed E-state index contributed by atoms with van der Waals surface area (Å²) in [4.78, 5) is 11.2. The van der Waals surface area contributed by atoms with Crippen molar-refractivity contribution in [3.8, 4) is 0 Å². The molecule has 0 saturated heterocycles. The summed E-state index contributed by atoms with van der Waals surface area (Å²) in [5.74, 6) is -1.87. The maximum absolute atomic E-state index is 13.2. The van der Waals surface area contributed by atoms with Crippen molar-refractivity contribution in [2.24, 2.45) is 0 Å². The number of aryl methyl sites for hydroxylation is 1. The summed E-state index contributed by atoms with van der Waals surface area (Å²) in [6.45, 7) is 1.69. The summed E-state index contributed by atoms with van der Waals surface area (Å²) in [5, 5.41) is 9.59. The van der Waals surface area contributed by atoms with E-state index in [4.69, 9.17) is 4.42 Å². The number of hydrogen-bond donors (Lipinski definition) is 2. The molecule has 3 aromatic carbocycles. The maximum Gasteiger partial charge on any atom is 0.335 e. The van der Waals surface area contributed by atoms with Gasteiger partial charge in [0.25, 0.3) is 10.0 Å². The van der Waals surface area contributed by atoms with Crippen LogP contribution in [0.3, 0.4) is 0 Å². The van der Waals surface area contributed by atoms with Crippen molar-refractivity contribution < 1.29 is 31.2 Å². The number of para-hydroxylation sites is 1. The van der Waals surface area contributed by atoms with Crippen LogP contribution in [-0.2, 0) is 25.6 Å². The number of sulfonamides is 1. The van der Waals surface area contributed by atoms with Gasteiger partial charge in [0.1, 0.15) is 5.58 Å². The average Bonchev–Trinajstić information content (AvgIpc) is 3.19. The molecule has 4 aromatic rings. The van der Waals surface area contributed by atoms with Crippen LogP contribution in [0.1, 0.15) is 21.5 Å². The molecule has 0 spiro atoms. The second-order valence-corrected chi connectivity index (χ2v) is 11.0. The van der Waals surface area contributed by atoms with Crippen molar-refractivity contribution >= 4 is 42.5 Å². The highest BCUT2D eigenvalue weighted by molar-refractivity contribution is 7.93. The lowest BCUT2D eigenvalue weighted by Crippen LogP contribution is -2.16. The van der Waals surface area contributed by atoms with Gasteiger partial charge in [-0.3, -0.25) is 4.72 Å². The number of fused-ring (bicyclic) bond motifs is 1. The number of anilines is 1. The number of carboxylic acids is 1. The lowest BCUT2D eigenvalue weighted by molar-refractivity contribution is 0.0696. The Morgan fingerprint density at radius 2 is 1.64 bits per heavy atom. The van der Waals surface area contributed by atoms with E-state index in [9.17, 15) is 26.7 Å². The number of furan rings is 1. The van der Waals surface area contributed by atoms with Crippen LogP contribution in [0.15, 0.2) is 87.2 Å². The number of carbonyl (C=O) groups is 1. The molecule has 33 heavy (non-hydrogen) atoms. The number of rotatable bonds is 7. The highest BCUT2D eigenvalue weighted by Gasteiger charge is 2.26. The fourth-order valence-electron chi connectivity index (χ4n) is 3.42. The third kappa shape index (κ3) is 4.62. The minimum Gasteiger partial charge on any atom is -0.478 e. The van der Waals surface area contributed by atoms with E-state index in [2.05, 4.69) is 4.72 Å². The van der Waals surface area contributed by atoms with E-state index in [0.717, 1.165) is 0 Å². The minimum atomic E-state index is -4.24. The third-order valence-electron chi connectivity index (χ3n) is 4.98. The molecule has 0 unspecified atom stereocenters. The summed E-state index contributed by atoms with van der Waals surface area (Å²) in [7, 11) is -8.36. The van der Waals surface area contributed by atoms with Gasteiger partial charge in [-0.2, -0.15) is 8.42 Å². The molecular weight excluding hydrogens is 466 g/mol. The SMILES string of the molecule is Cc1ccc(S(=O)(=O)Cc2ccccc2C(=O)O)c(NS(=O)(=O)c2cc3ccccc3o2)c1. The molecule has 4 rings (SSSR count). The summed E-state index contributed by atoms with van der Waals surface area (Å²) in [6.07, 6.45) is 0. The Bertz CT molecular complexity index is 1550. The highest BCUT2D eigenvalue weighted by Crippen LogP contribution is 2.30. The van der Waals surface area contributed by atoms with E-state index >= 15 is 0 Å². The van der Waals surface area contributed by atoms with E-state index in [1.165, 1.54) is 48.5 Å². The van der Waals surface area contributed by atoms with E-state index in [1.807, 2.05) is 0 Å². The highest BCUT2D eigenvalue weighted by atomic mass is 32.2. The molecule has 0 aliphatic heterocycles. The summed E-state index contributed by atoms with van der Waals surface area (Å²) < 4.78 is 60.2. The largest absolute Gasteiger partial charge is 0.478 e. The first-order valence-electron chi connectivity index (χ1n) is 9.73. The first-order valence-corrected chi connectivity index (χ1v) is 12.9. The van der Waals surface area contributed by atoms with Gasteiger partial charge in [-0.25, -0.2) is 13.2 Å². The topological polar surface area (TPSA) is 131 Å². The van der Waals surface area contributed by atoms with Gasteiger partial charge in [0.15, 0.2) is 9.84 Å². The van der Waals surface area contributed by atoms with Crippen LogP contribution < -0.4 is 4.72 Å². The Kier molecular flexibility index (Phi) is 5.73. The number of carboxylic acid groups (broad SMARTS) is 1. The zero-order valence-corrected chi connectivity index (χ0v) is 19.0. The molecule has 0 atom stereocenters. The first kappa shape index (κ1) is 22.6. The van der Waals surface area contributed by atoms with E-state index in [-0.39, 0.29) is 26.8 Å². The first-order chi connectivity index (χ1) is 15.6. The Hall–Kier alpha value is -3.63. The van der Waals surface area contributed by atoms with Crippen LogP contribution in [0, 0.1) is 6.92 Å². The molecule has 0 radical (unpaired) electrons. The molecule has 0 aliphatic carbocycles. The van der Waals surface area contributed by atoms with Crippen molar-refractivity contribution in [1.29, 1.82) is 0 Å². The Morgan fingerprint density at radius 3 is 2.36 bits per heavy atom. The Balaban J connectivity index is 1.74. The molecule has 0 amide bonds. The van der Waals surface area contributed by atoms with Crippen molar-refractivity contribution in [2.75, 3.05) is 4.72 Å².